The third-order valence-corrected chi connectivity index (χ3v) is 6.92. The first kappa shape index (κ1) is 21.0. The van der Waals surface area contributed by atoms with Crippen LogP contribution in [0, 0.1) is 5.92 Å². The van der Waals surface area contributed by atoms with Crippen molar-refractivity contribution in [1.29, 1.82) is 0 Å². The van der Waals surface area contributed by atoms with Crippen LogP contribution in [0.15, 0.2) is 48.8 Å². The second kappa shape index (κ2) is 9.31. The van der Waals surface area contributed by atoms with Crippen molar-refractivity contribution < 1.29 is 14.3 Å². The first-order valence-corrected chi connectivity index (χ1v) is 12.0. The van der Waals surface area contributed by atoms with Gasteiger partial charge in [-0.15, -0.1) is 0 Å². The molecule has 1 aromatic heterocycles. The van der Waals surface area contributed by atoms with E-state index in [4.69, 9.17) is 4.74 Å². The lowest BCUT2D eigenvalue weighted by Gasteiger charge is -2.36. The minimum absolute atomic E-state index is 0.0667. The van der Waals surface area contributed by atoms with Crippen molar-refractivity contribution in [3.63, 3.8) is 0 Å². The molecule has 3 heterocycles. The van der Waals surface area contributed by atoms with Crippen molar-refractivity contribution >= 4 is 11.8 Å². The third-order valence-electron chi connectivity index (χ3n) is 6.92. The number of rotatable bonds is 5. The Hall–Kier alpha value is -2.89. The SMILES string of the molecule is O=C(C1CC1)N1CCC(Oc2ccc(C(=O)N3CCCC[C@@H]3c3cccnc3)cc2)CC1. The summed E-state index contributed by atoms with van der Waals surface area (Å²) in [5.74, 6) is 1.47. The van der Waals surface area contributed by atoms with Gasteiger partial charge in [0, 0.05) is 56.4 Å². The number of hydrogen-bond donors (Lipinski definition) is 0. The summed E-state index contributed by atoms with van der Waals surface area (Å²) in [5.41, 5.74) is 1.80. The van der Waals surface area contributed by atoms with Gasteiger partial charge in [0.25, 0.3) is 5.91 Å². The van der Waals surface area contributed by atoms with Crippen molar-refractivity contribution in [2.75, 3.05) is 19.6 Å². The highest BCUT2D eigenvalue weighted by Crippen LogP contribution is 2.33. The molecule has 2 aromatic rings. The van der Waals surface area contributed by atoms with Crippen LogP contribution in [0.1, 0.15) is 66.9 Å². The predicted molar refractivity (Wildman–Crippen MR) is 121 cm³/mol. The molecule has 168 valence electrons. The Kier molecular flexibility index (Phi) is 6.10. The molecular formula is C26H31N3O3. The number of carbonyl (C=O) groups excluding carboxylic acids is 2. The number of aromatic nitrogens is 1. The van der Waals surface area contributed by atoms with E-state index in [0.717, 1.165) is 75.9 Å². The largest absolute Gasteiger partial charge is 0.490 e. The van der Waals surface area contributed by atoms with Crippen LogP contribution in [0.3, 0.4) is 0 Å². The Balaban J connectivity index is 1.19. The zero-order valence-electron chi connectivity index (χ0n) is 18.5. The average Bonchev–Trinajstić information content (AvgIpc) is 3.70. The zero-order chi connectivity index (χ0) is 21.9. The minimum atomic E-state index is 0.0667. The van der Waals surface area contributed by atoms with Gasteiger partial charge in [0.1, 0.15) is 11.9 Å². The number of hydrogen-bond acceptors (Lipinski definition) is 4. The Morgan fingerprint density at radius 3 is 2.38 bits per heavy atom. The maximum atomic E-state index is 13.3. The second-order valence-corrected chi connectivity index (χ2v) is 9.24. The molecule has 1 saturated carbocycles. The minimum Gasteiger partial charge on any atom is -0.490 e. The normalized spacial score (nSPS) is 21.9. The highest BCUT2D eigenvalue weighted by Gasteiger charge is 2.35. The molecule has 6 heteroatoms. The van der Waals surface area contributed by atoms with Gasteiger partial charge in [-0.25, -0.2) is 0 Å². The summed E-state index contributed by atoms with van der Waals surface area (Å²) in [5, 5.41) is 0. The van der Waals surface area contributed by atoms with E-state index < -0.39 is 0 Å². The molecule has 0 spiro atoms. The number of benzene rings is 1. The molecule has 1 aromatic carbocycles. The Labute approximate surface area is 189 Å². The lowest BCUT2D eigenvalue weighted by molar-refractivity contribution is -0.134. The number of ether oxygens (including phenoxy) is 1. The van der Waals surface area contributed by atoms with Crippen LogP contribution in [0.25, 0.3) is 0 Å². The van der Waals surface area contributed by atoms with E-state index in [-0.39, 0.29) is 24.0 Å². The van der Waals surface area contributed by atoms with Crippen molar-refractivity contribution in [1.82, 2.24) is 14.8 Å². The van der Waals surface area contributed by atoms with Gasteiger partial charge < -0.3 is 14.5 Å². The van der Waals surface area contributed by atoms with E-state index in [1.807, 2.05) is 46.3 Å². The molecular weight excluding hydrogens is 402 g/mol. The lowest BCUT2D eigenvalue weighted by Crippen LogP contribution is -2.42. The number of amides is 2. The molecule has 1 aliphatic carbocycles. The van der Waals surface area contributed by atoms with E-state index in [1.54, 1.807) is 6.20 Å². The first-order chi connectivity index (χ1) is 15.7. The van der Waals surface area contributed by atoms with E-state index >= 15 is 0 Å². The Morgan fingerprint density at radius 2 is 1.69 bits per heavy atom. The van der Waals surface area contributed by atoms with Crippen molar-refractivity contribution in [3.05, 3.63) is 59.9 Å². The summed E-state index contributed by atoms with van der Waals surface area (Å²) >= 11 is 0. The smallest absolute Gasteiger partial charge is 0.254 e. The van der Waals surface area contributed by atoms with Crippen molar-refractivity contribution in [2.45, 2.75) is 57.1 Å². The molecule has 6 nitrogen and oxygen atoms in total. The fourth-order valence-electron chi connectivity index (χ4n) is 4.91. The molecule has 0 bridgehead atoms. The number of carbonyl (C=O) groups is 2. The van der Waals surface area contributed by atoms with E-state index in [0.29, 0.717) is 11.5 Å². The molecule has 3 fully saturated rings. The predicted octanol–water partition coefficient (Wildman–Crippen LogP) is 4.23. The van der Waals surface area contributed by atoms with Crippen LogP contribution >= 0.6 is 0 Å². The summed E-state index contributed by atoms with van der Waals surface area (Å²) in [6.07, 6.45) is 10.7. The fourth-order valence-corrected chi connectivity index (χ4v) is 4.91. The highest BCUT2D eigenvalue weighted by atomic mass is 16.5. The van der Waals surface area contributed by atoms with Gasteiger partial charge in [-0.05, 0) is 68.0 Å². The fraction of sp³-hybridized carbons (Fsp3) is 0.500. The summed E-state index contributed by atoms with van der Waals surface area (Å²) in [6.45, 7) is 2.33. The van der Waals surface area contributed by atoms with Crippen LogP contribution in [0.5, 0.6) is 5.75 Å². The number of piperidine rings is 2. The summed E-state index contributed by atoms with van der Waals surface area (Å²) in [4.78, 5) is 33.7. The molecule has 5 rings (SSSR count). The second-order valence-electron chi connectivity index (χ2n) is 9.24. The van der Waals surface area contributed by atoms with Crippen LogP contribution in [0.2, 0.25) is 0 Å². The van der Waals surface area contributed by atoms with Crippen LogP contribution in [-0.4, -0.2) is 52.3 Å². The topological polar surface area (TPSA) is 62.7 Å². The molecule has 3 aliphatic rings. The summed E-state index contributed by atoms with van der Waals surface area (Å²) in [6, 6.07) is 11.6. The zero-order valence-corrected chi connectivity index (χ0v) is 18.5. The quantitative estimate of drug-likeness (QED) is 0.708. The molecule has 2 saturated heterocycles. The molecule has 1 atom stereocenters. The Bertz CT molecular complexity index is 935. The number of nitrogens with zero attached hydrogens (tertiary/aromatic N) is 3. The van der Waals surface area contributed by atoms with E-state index in [2.05, 4.69) is 11.1 Å². The molecule has 0 radical (unpaired) electrons. The highest BCUT2D eigenvalue weighted by molar-refractivity contribution is 5.94. The van der Waals surface area contributed by atoms with E-state index in [9.17, 15) is 9.59 Å². The molecule has 2 aliphatic heterocycles. The van der Waals surface area contributed by atoms with Crippen molar-refractivity contribution in [3.8, 4) is 5.75 Å². The molecule has 2 amide bonds. The standard InChI is InChI=1S/C26H31N3O3/c30-25(19-6-7-19)28-16-12-23(13-17-28)32-22-10-8-20(9-11-22)26(31)29-15-2-1-5-24(29)21-4-3-14-27-18-21/h3-4,8-11,14,18-19,23-24H,1-2,5-7,12-13,15-17H2/t24-/m1/s1. The third kappa shape index (κ3) is 4.64. The van der Waals surface area contributed by atoms with Gasteiger partial charge in [0.15, 0.2) is 0 Å². The summed E-state index contributed by atoms with van der Waals surface area (Å²) in [7, 11) is 0. The van der Waals surface area contributed by atoms with Crippen LogP contribution in [0.4, 0.5) is 0 Å². The van der Waals surface area contributed by atoms with Gasteiger partial charge in [-0.2, -0.15) is 0 Å². The molecule has 32 heavy (non-hydrogen) atoms. The van der Waals surface area contributed by atoms with Gasteiger partial charge in [-0.1, -0.05) is 6.07 Å². The van der Waals surface area contributed by atoms with Crippen LogP contribution in [-0.2, 0) is 4.79 Å². The number of pyridine rings is 1. The maximum absolute atomic E-state index is 13.3. The average molecular weight is 434 g/mol. The maximum Gasteiger partial charge on any atom is 0.254 e. The number of likely N-dealkylation sites (tertiary alicyclic amines) is 2. The Morgan fingerprint density at radius 1 is 0.906 bits per heavy atom. The van der Waals surface area contributed by atoms with Gasteiger partial charge in [0.2, 0.25) is 5.91 Å². The first-order valence-electron chi connectivity index (χ1n) is 12.0. The lowest BCUT2D eigenvalue weighted by atomic mass is 9.95. The van der Waals surface area contributed by atoms with Crippen molar-refractivity contribution in [2.24, 2.45) is 5.92 Å². The molecule has 0 unspecified atom stereocenters. The van der Waals surface area contributed by atoms with Gasteiger partial charge in [-0.3, -0.25) is 14.6 Å². The van der Waals surface area contributed by atoms with E-state index in [1.165, 1.54) is 0 Å². The van der Waals surface area contributed by atoms with Crippen LogP contribution < -0.4 is 4.74 Å². The molecule has 0 N–H and O–H groups in total. The van der Waals surface area contributed by atoms with Gasteiger partial charge in [0.05, 0.1) is 6.04 Å². The monoisotopic (exact) mass is 433 g/mol. The van der Waals surface area contributed by atoms with Gasteiger partial charge >= 0.3 is 0 Å². The summed E-state index contributed by atoms with van der Waals surface area (Å²) < 4.78 is 6.16.